The summed E-state index contributed by atoms with van der Waals surface area (Å²) in [5.41, 5.74) is 4.65. The second kappa shape index (κ2) is 12.1. The molecule has 0 saturated carbocycles. The van der Waals surface area contributed by atoms with E-state index in [-0.39, 0.29) is 18.7 Å². The van der Waals surface area contributed by atoms with Crippen LogP contribution in [0, 0.1) is 6.92 Å². The van der Waals surface area contributed by atoms with Crippen LogP contribution in [0.3, 0.4) is 0 Å². The molecule has 3 amide bonds. The lowest BCUT2D eigenvalue weighted by Crippen LogP contribution is -2.46. The molecule has 0 saturated heterocycles. The number of anilines is 3. The van der Waals surface area contributed by atoms with E-state index in [1.165, 1.54) is 9.80 Å². The summed E-state index contributed by atoms with van der Waals surface area (Å²) in [5.74, 6) is -2.28. The van der Waals surface area contributed by atoms with Gasteiger partial charge in [-0.25, -0.2) is 0 Å². The van der Waals surface area contributed by atoms with Crippen LogP contribution in [-0.4, -0.2) is 49.0 Å². The van der Waals surface area contributed by atoms with Gasteiger partial charge < -0.3 is 15.1 Å². The number of rotatable bonds is 9. The number of hydrogen-bond donors (Lipinski definition) is 1. The van der Waals surface area contributed by atoms with Crippen molar-refractivity contribution >= 4 is 40.6 Å². The van der Waals surface area contributed by atoms with Crippen molar-refractivity contribution in [3.8, 4) is 0 Å². The summed E-state index contributed by atoms with van der Waals surface area (Å²) < 4.78 is 0. The van der Waals surface area contributed by atoms with Crippen molar-refractivity contribution in [2.24, 2.45) is 0 Å². The molecule has 5 rings (SSSR count). The topological polar surface area (TPSA) is 90.0 Å². The minimum absolute atomic E-state index is 0.121. The zero-order valence-corrected chi connectivity index (χ0v) is 23.8. The van der Waals surface area contributed by atoms with Crippen molar-refractivity contribution in [3.63, 3.8) is 0 Å². The van der Waals surface area contributed by atoms with E-state index in [0.29, 0.717) is 16.9 Å². The summed E-state index contributed by atoms with van der Waals surface area (Å²) in [5, 5.41) is 2.98. The first-order valence-electron chi connectivity index (χ1n) is 13.7. The summed E-state index contributed by atoms with van der Waals surface area (Å²) in [6, 6.07) is 29.8. The van der Waals surface area contributed by atoms with Gasteiger partial charge in [-0.3, -0.25) is 24.1 Å². The number of aryl methyl sites for hydroxylation is 1. The second-order valence-corrected chi connectivity index (χ2v) is 10.4. The summed E-state index contributed by atoms with van der Waals surface area (Å²) >= 11 is 0. The van der Waals surface area contributed by atoms with Crippen LogP contribution < -0.4 is 15.1 Å². The van der Waals surface area contributed by atoms with Gasteiger partial charge in [-0.2, -0.15) is 0 Å². The number of benzene rings is 4. The van der Waals surface area contributed by atoms with Crippen LogP contribution in [0.15, 0.2) is 103 Å². The molecule has 1 N–H and O–H groups in total. The molecule has 0 bridgehead atoms. The van der Waals surface area contributed by atoms with E-state index >= 15 is 0 Å². The van der Waals surface area contributed by atoms with Crippen molar-refractivity contribution in [2.75, 3.05) is 35.8 Å². The van der Waals surface area contributed by atoms with E-state index in [1.54, 1.807) is 36.4 Å². The molecule has 0 fully saturated rings. The normalized spacial score (nSPS) is 13.0. The highest BCUT2D eigenvalue weighted by Gasteiger charge is 2.39. The van der Waals surface area contributed by atoms with Gasteiger partial charge in [-0.05, 0) is 60.0 Å². The maximum atomic E-state index is 14.2. The van der Waals surface area contributed by atoms with Crippen molar-refractivity contribution in [2.45, 2.75) is 19.5 Å². The van der Waals surface area contributed by atoms with Gasteiger partial charge in [0.1, 0.15) is 12.6 Å². The van der Waals surface area contributed by atoms with E-state index in [4.69, 9.17) is 0 Å². The summed E-state index contributed by atoms with van der Waals surface area (Å²) in [4.78, 5) is 58.5. The molecule has 0 radical (unpaired) electrons. The average molecular weight is 561 g/mol. The molecule has 42 heavy (non-hydrogen) atoms. The number of para-hydroxylation sites is 1. The van der Waals surface area contributed by atoms with Crippen molar-refractivity contribution in [1.29, 1.82) is 0 Å². The van der Waals surface area contributed by atoms with Crippen LogP contribution in [-0.2, 0) is 20.9 Å². The maximum Gasteiger partial charge on any atom is 0.299 e. The number of fused-ring (bicyclic) bond motifs is 1. The number of amides is 3. The van der Waals surface area contributed by atoms with E-state index in [1.807, 2.05) is 92.6 Å². The van der Waals surface area contributed by atoms with Gasteiger partial charge >= 0.3 is 0 Å². The molecule has 8 nitrogen and oxygen atoms in total. The Morgan fingerprint density at radius 3 is 2.14 bits per heavy atom. The standard InChI is InChI=1S/C34H32N4O4/c1-23-11-7-8-14-25(23)21-38(30(39)22-37-29-16-10-9-15-28(29)32(40)34(37)42)31(24-12-5-4-6-13-24)33(41)35-26-17-19-27(20-18-26)36(2)3/h4-20,31H,21-22H2,1-3H3,(H,35,41). The monoisotopic (exact) mass is 560 g/mol. The highest BCUT2D eigenvalue weighted by atomic mass is 16.2. The molecule has 0 spiro atoms. The van der Waals surface area contributed by atoms with Crippen LogP contribution in [0.4, 0.5) is 17.1 Å². The summed E-state index contributed by atoms with van der Waals surface area (Å²) in [6.45, 7) is 1.68. The Labute approximate surface area is 245 Å². The Balaban J connectivity index is 1.53. The number of nitrogens with one attached hydrogen (secondary N) is 1. The molecule has 1 aliphatic rings. The molecule has 1 atom stereocenters. The number of ketones is 1. The third-order valence-corrected chi connectivity index (χ3v) is 7.42. The first-order chi connectivity index (χ1) is 20.2. The fourth-order valence-corrected chi connectivity index (χ4v) is 5.09. The molecule has 0 aromatic heterocycles. The smallest absolute Gasteiger partial charge is 0.299 e. The zero-order valence-electron chi connectivity index (χ0n) is 23.8. The lowest BCUT2D eigenvalue weighted by atomic mass is 10.0. The van der Waals surface area contributed by atoms with E-state index in [0.717, 1.165) is 16.8 Å². The minimum Gasteiger partial charge on any atom is -0.378 e. The minimum atomic E-state index is -1.02. The molecule has 1 heterocycles. The largest absolute Gasteiger partial charge is 0.378 e. The number of nitrogens with zero attached hydrogens (tertiary/aromatic N) is 3. The van der Waals surface area contributed by atoms with Crippen molar-refractivity contribution < 1.29 is 19.2 Å². The molecule has 0 aliphatic carbocycles. The molecular weight excluding hydrogens is 528 g/mol. The first kappa shape index (κ1) is 28.3. The highest BCUT2D eigenvalue weighted by molar-refractivity contribution is 6.52. The maximum absolute atomic E-state index is 14.2. The number of Topliss-reactive ketones (excluding diaryl/α,β-unsaturated/α-hetero) is 1. The summed E-state index contributed by atoms with van der Waals surface area (Å²) in [6.07, 6.45) is 0. The van der Waals surface area contributed by atoms with Crippen LogP contribution in [0.5, 0.6) is 0 Å². The van der Waals surface area contributed by atoms with E-state index in [9.17, 15) is 19.2 Å². The Kier molecular flexibility index (Phi) is 8.15. The fourth-order valence-electron chi connectivity index (χ4n) is 5.09. The van der Waals surface area contributed by atoms with Crippen molar-refractivity contribution in [1.82, 2.24) is 4.90 Å². The molecule has 212 valence electrons. The highest BCUT2D eigenvalue weighted by Crippen LogP contribution is 2.31. The third-order valence-electron chi connectivity index (χ3n) is 7.42. The number of hydrogen-bond acceptors (Lipinski definition) is 5. The SMILES string of the molecule is Cc1ccccc1CN(C(=O)CN1C(=O)C(=O)c2ccccc21)C(C(=O)Nc1ccc(N(C)C)cc1)c1ccccc1. The van der Waals surface area contributed by atoms with Crippen LogP contribution in [0.2, 0.25) is 0 Å². The third kappa shape index (κ3) is 5.78. The van der Waals surface area contributed by atoms with Gasteiger partial charge in [0, 0.05) is 32.0 Å². The zero-order chi connectivity index (χ0) is 29.8. The average Bonchev–Trinajstić information content (AvgIpc) is 3.23. The van der Waals surface area contributed by atoms with Gasteiger partial charge in [0.25, 0.3) is 17.6 Å². The van der Waals surface area contributed by atoms with Gasteiger partial charge in [-0.1, -0.05) is 66.7 Å². The van der Waals surface area contributed by atoms with Gasteiger partial charge in [0.05, 0.1) is 11.3 Å². The van der Waals surface area contributed by atoms with Gasteiger partial charge in [-0.15, -0.1) is 0 Å². The Morgan fingerprint density at radius 1 is 0.810 bits per heavy atom. The van der Waals surface area contributed by atoms with Crippen LogP contribution in [0.25, 0.3) is 0 Å². The van der Waals surface area contributed by atoms with Gasteiger partial charge in [0.2, 0.25) is 5.91 Å². The van der Waals surface area contributed by atoms with Crippen LogP contribution >= 0.6 is 0 Å². The number of carbonyl (C=O) groups is 4. The second-order valence-electron chi connectivity index (χ2n) is 10.4. The lowest BCUT2D eigenvalue weighted by Gasteiger charge is -2.33. The summed E-state index contributed by atoms with van der Waals surface area (Å²) in [7, 11) is 3.87. The van der Waals surface area contributed by atoms with E-state index < -0.39 is 29.5 Å². The lowest BCUT2D eigenvalue weighted by molar-refractivity contribution is -0.139. The fraction of sp³-hybridized carbons (Fsp3) is 0.176. The molecule has 4 aromatic carbocycles. The molecule has 4 aromatic rings. The molecule has 8 heteroatoms. The molecule has 1 aliphatic heterocycles. The van der Waals surface area contributed by atoms with E-state index in [2.05, 4.69) is 5.32 Å². The Hall–Kier alpha value is -5.24. The predicted octanol–water partition coefficient (Wildman–Crippen LogP) is 5.00. The number of carbonyl (C=O) groups excluding carboxylic acids is 4. The van der Waals surface area contributed by atoms with Crippen molar-refractivity contribution in [3.05, 3.63) is 125 Å². The van der Waals surface area contributed by atoms with Gasteiger partial charge in [0.15, 0.2) is 0 Å². The Morgan fingerprint density at radius 2 is 1.45 bits per heavy atom. The first-order valence-corrected chi connectivity index (χ1v) is 13.7. The molecule has 1 unspecified atom stereocenters. The predicted molar refractivity (Wildman–Crippen MR) is 163 cm³/mol. The quantitative estimate of drug-likeness (QED) is 0.291. The Bertz CT molecular complexity index is 1630. The van der Waals surface area contributed by atoms with Crippen LogP contribution in [0.1, 0.15) is 33.1 Å². The molecular formula is C34H32N4O4.